The summed E-state index contributed by atoms with van der Waals surface area (Å²) in [7, 11) is 0. The Hall–Kier alpha value is -5.66. The van der Waals surface area contributed by atoms with Crippen molar-refractivity contribution in [2.75, 3.05) is 0 Å². The maximum Gasteiger partial charge on any atom is 0.109 e. The summed E-state index contributed by atoms with van der Waals surface area (Å²) in [5.41, 5.74) is 23.7. The minimum absolute atomic E-state index is 0.0731. The van der Waals surface area contributed by atoms with Crippen LogP contribution in [0.2, 0.25) is 0 Å². The first-order valence-corrected chi connectivity index (χ1v) is 22.5. The van der Waals surface area contributed by atoms with Crippen LogP contribution in [0, 0.1) is 41.5 Å². The van der Waals surface area contributed by atoms with Crippen molar-refractivity contribution in [2.45, 2.75) is 121 Å². The van der Waals surface area contributed by atoms with Gasteiger partial charge in [0, 0.05) is 16.5 Å². The van der Waals surface area contributed by atoms with Crippen molar-refractivity contribution in [3.05, 3.63) is 189 Å². The van der Waals surface area contributed by atoms with Crippen LogP contribution in [0.1, 0.15) is 146 Å². The predicted molar refractivity (Wildman–Crippen MR) is 271 cm³/mol. The molecule has 0 bridgehead atoms. The number of fused-ring (bicyclic) bond motifs is 3. The Bertz CT molecular complexity index is 2540. The molecule has 0 spiro atoms. The summed E-state index contributed by atoms with van der Waals surface area (Å²) >= 11 is 0. The van der Waals surface area contributed by atoms with E-state index in [0.29, 0.717) is 5.92 Å². The molecule has 8 rings (SSSR count). The summed E-state index contributed by atoms with van der Waals surface area (Å²) < 4.78 is 5.67. The van der Waals surface area contributed by atoms with Gasteiger partial charge in [0.15, 0.2) is 0 Å². The predicted octanol–water partition coefficient (Wildman–Crippen LogP) is 18.2. The highest BCUT2D eigenvalue weighted by Gasteiger charge is 2.39. The lowest BCUT2D eigenvalue weighted by Gasteiger charge is -2.25. The molecule has 0 unspecified atom stereocenters. The third kappa shape index (κ3) is 9.79. The zero-order valence-corrected chi connectivity index (χ0v) is 39.6. The van der Waals surface area contributed by atoms with Crippen LogP contribution in [0.4, 0.5) is 0 Å². The molecule has 6 aromatic rings. The van der Waals surface area contributed by atoms with Gasteiger partial charge < -0.3 is 4.42 Å². The number of benzene rings is 5. The summed E-state index contributed by atoms with van der Waals surface area (Å²) in [6, 6.07) is 33.5. The van der Waals surface area contributed by atoms with Gasteiger partial charge in [-0.1, -0.05) is 180 Å². The number of aryl methyl sites for hydroxylation is 6. The van der Waals surface area contributed by atoms with Gasteiger partial charge in [-0.2, -0.15) is 0 Å². The first-order valence-electron chi connectivity index (χ1n) is 22.5. The maximum absolute atomic E-state index is 5.67. The number of hydrogen-bond acceptors (Lipinski definition) is 1. The fourth-order valence-corrected chi connectivity index (χ4v) is 9.02. The van der Waals surface area contributed by atoms with Crippen molar-refractivity contribution in [3.8, 4) is 33.4 Å². The Kier molecular flexibility index (Phi) is 15.4. The van der Waals surface area contributed by atoms with Gasteiger partial charge in [-0.05, 0) is 159 Å². The fourth-order valence-electron chi connectivity index (χ4n) is 9.02. The number of hydrogen-bond donors (Lipinski definition) is 0. The van der Waals surface area contributed by atoms with Crippen LogP contribution in [-0.2, 0) is 5.41 Å². The molecular formula is C60H70O. The van der Waals surface area contributed by atoms with E-state index < -0.39 is 0 Å². The molecule has 1 saturated carbocycles. The topological polar surface area (TPSA) is 13.1 Å². The molecule has 2 aliphatic carbocycles. The van der Waals surface area contributed by atoms with Crippen LogP contribution < -0.4 is 0 Å². The van der Waals surface area contributed by atoms with E-state index in [9.17, 15) is 0 Å². The average molecular weight is 807 g/mol. The molecule has 2 aliphatic rings. The lowest BCUT2D eigenvalue weighted by Crippen LogP contribution is -2.15. The Morgan fingerprint density at radius 3 is 1.79 bits per heavy atom. The summed E-state index contributed by atoms with van der Waals surface area (Å²) in [6.45, 7) is 36.3. The van der Waals surface area contributed by atoms with Gasteiger partial charge in [-0.25, -0.2) is 0 Å². The molecule has 1 fully saturated rings. The SMILES string of the molecule is C/C=C\c1c(C)oc(C)c1/C(C)=C\CC.C=Cc1c(-c2cccc(-c3ccccc3C)c2C2CC2)cc2c(c1C=C)-c1ccc(C)cc1C2(C)C.CC.Cc1ccc(C)cc1. The summed E-state index contributed by atoms with van der Waals surface area (Å²) in [5, 5.41) is 0. The largest absolute Gasteiger partial charge is 0.465 e. The van der Waals surface area contributed by atoms with Crippen LogP contribution in [-0.4, -0.2) is 0 Å². The zero-order chi connectivity index (χ0) is 44.6. The van der Waals surface area contributed by atoms with Gasteiger partial charge in [0.05, 0.1) is 0 Å². The smallest absolute Gasteiger partial charge is 0.109 e. The lowest BCUT2D eigenvalue weighted by atomic mass is 9.78. The third-order valence-corrected chi connectivity index (χ3v) is 12.2. The molecular weight excluding hydrogens is 737 g/mol. The van der Waals surface area contributed by atoms with Crippen LogP contribution in [0.3, 0.4) is 0 Å². The highest BCUT2D eigenvalue weighted by molar-refractivity contribution is 5.96. The van der Waals surface area contributed by atoms with Gasteiger partial charge in [0.25, 0.3) is 0 Å². The fraction of sp³-hybridized carbons (Fsp3) is 0.300. The molecule has 1 heterocycles. The normalized spacial score (nSPS) is 13.5. The van der Waals surface area contributed by atoms with Gasteiger partial charge in [0.1, 0.15) is 11.5 Å². The van der Waals surface area contributed by atoms with Crippen LogP contribution in [0.15, 0.2) is 121 Å². The Balaban J connectivity index is 0.000000231. The van der Waals surface area contributed by atoms with Crippen molar-refractivity contribution in [1.82, 2.24) is 0 Å². The quantitative estimate of drug-likeness (QED) is 0.149. The van der Waals surface area contributed by atoms with Gasteiger partial charge in [-0.15, -0.1) is 0 Å². The van der Waals surface area contributed by atoms with Crippen LogP contribution >= 0.6 is 0 Å². The Morgan fingerprint density at radius 1 is 0.656 bits per heavy atom. The second-order valence-electron chi connectivity index (χ2n) is 17.1. The second kappa shape index (κ2) is 20.3. The van der Waals surface area contributed by atoms with Gasteiger partial charge >= 0.3 is 0 Å². The van der Waals surface area contributed by atoms with Crippen molar-refractivity contribution in [1.29, 1.82) is 0 Å². The minimum Gasteiger partial charge on any atom is -0.465 e. The van der Waals surface area contributed by atoms with E-state index in [4.69, 9.17) is 4.42 Å². The minimum atomic E-state index is -0.0731. The molecule has 1 aromatic heterocycles. The number of rotatable bonds is 8. The average Bonchev–Trinajstić information content (AvgIpc) is 4.02. The molecule has 61 heavy (non-hydrogen) atoms. The summed E-state index contributed by atoms with van der Waals surface area (Å²) in [4.78, 5) is 0. The highest BCUT2D eigenvalue weighted by atomic mass is 16.3. The molecule has 5 aromatic carbocycles. The molecule has 316 valence electrons. The second-order valence-corrected chi connectivity index (χ2v) is 17.1. The lowest BCUT2D eigenvalue weighted by molar-refractivity contribution is 0.503. The van der Waals surface area contributed by atoms with Crippen molar-refractivity contribution < 1.29 is 4.42 Å². The summed E-state index contributed by atoms with van der Waals surface area (Å²) in [6.07, 6.45) is 14.1. The molecule has 1 nitrogen and oxygen atoms in total. The van der Waals surface area contributed by atoms with Crippen molar-refractivity contribution >= 4 is 23.8 Å². The molecule has 0 aliphatic heterocycles. The van der Waals surface area contributed by atoms with Crippen molar-refractivity contribution in [2.24, 2.45) is 0 Å². The number of allylic oxidation sites excluding steroid dienone is 3. The van der Waals surface area contributed by atoms with E-state index >= 15 is 0 Å². The first kappa shape index (κ1) is 46.4. The summed E-state index contributed by atoms with van der Waals surface area (Å²) in [5.74, 6) is 2.63. The van der Waals surface area contributed by atoms with Crippen LogP contribution in [0.5, 0.6) is 0 Å². The van der Waals surface area contributed by atoms with Crippen molar-refractivity contribution in [3.63, 3.8) is 0 Å². The zero-order valence-electron chi connectivity index (χ0n) is 39.6. The molecule has 1 heteroatoms. The first-order chi connectivity index (χ1) is 29.3. The molecule has 0 amide bonds. The monoisotopic (exact) mass is 807 g/mol. The molecule has 0 N–H and O–H groups in total. The van der Waals surface area contributed by atoms with E-state index in [-0.39, 0.29) is 5.41 Å². The van der Waals surface area contributed by atoms with Gasteiger partial charge in [0.2, 0.25) is 0 Å². The van der Waals surface area contributed by atoms with E-state index in [0.717, 1.165) is 17.9 Å². The van der Waals surface area contributed by atoms with E-state index in [1.807, 2.05) is 46.8 Å². The highest BCUT2D eigenvalue weighted by Crippen LogP contribution is 2.55. The van der Waals surface area contributed by atoms with E-state index in [1.165, 1.54) is 113 Å². The standard InChI is InChI=1S/C36H34.C14H20O.C8H10.C2H6/c1-7-25-26(8-2)35-30-19-16-22(3)20-32(30)36(5,6)33(35)21-31(25)29-15-11-14-28(34(29)24-17-18-24)27-13-10-9-12-23(27)4;1-6-8-10(3)14-12(5)15-11(4)13(14)9-7-2;1-7-3-5-8(2)6-4-7;1-2/h7-16,19-21,24H,1-2,17-18H2,3-6H3;7-9H,6H2,1-5H3;3-6H,1-2H3;1-2H3/b;9-7-,10-8-;;. The molecule has 0 radical (unpaired) electrons. The van der Waals surface area contributed by atoms with E-state index in [2.05, 4.69) is 178 Å². The van der Waals surface area contributed by atoms with Crippen LogP contribution in [0.25, 0.3) is 57.2 Å². The third-order valence-electron chi connectivity index (χ3n) is 12.2. The van der Waals surface area contributed by atoms with E-state index in [1.54, 1.807) is 0 Å². The molecule has 0 atom stereocenters. The Morgan fingerprint density at radius 2 is 1.23 bits per heavy atom. The molecule has 0 saturated heterocycles. The number of furan rings is 1. The maximum atomic E-state index is 5.67. The Labute approximate surface area is 369 Å². The van der Waals surface area contributed by atoms with Gasteiger partial charge in [-0.3, -0.25) is 0 Å².